The molecule has 2 fully saturated rings. The largest absolute Gasteiger partial charge is 0.461 e. The summed E-state index contributed by atoms with van der Waals surface area (Å²) in [7, 11) is 0. The molecule has 10 atom stereocenters. The first kappa shape index (κ1) is 31.7. The Kier molecular flexibility index (Phi) is 8.14. The van der Waals surface area contributed by atoms with E-state index in [0.29, 0.717) is 12.0 Å². The molecule has 0 aromatic carbocycles. The molecule has 2 unspecified atom stereocenters. The molecule has 2 aliphatic carbocycles. The zero-order valence-corrected chi connectivity index (χ0v) is 25.3. The maximum absolute atomic E-state index is 13.2. The average Bonchev–Trinajstić information content (AvgIpc) is 3.44. The third-order valence-electron chi connectivity index (χ3n) is 9.02. The molecule has 12 nitrogen and oxygen atoms in total. The highest BCUT2D eigenvalue weighted by molar-refractivity contribution is 5.89. The fraction of sp³-hybridized carbons (Fsp3) is 0.700. The van der Waals surface area contributed by atoms with Crippen LogP contribution in [0.2, 0.25) is 0 Å². The molecule has 42 heavy (non-hydrogen) atoms. The molecule has 232 valence electrons. The number of ether oxygens (including phenoxy) is 6. The van der Waals surface area contributed by atoms with Crippen LogP contribution in [0.3, 0.4) is 0 Å². The zero-order valence-electron chi connectivity index (χ0n) is 25.3. The molecule has 2 aliphatic heterocycles. The molecular formula is C30H40O12. The van der Waals surface area contributed by atoms with E-state index in [1.165, 1.54) is 40.7 Å². The molecule has 1 spiro atoms. The predicted octanol–water partition coefficient (Wildman–Crippen LogP) is 2.24. The van der Waals surface area contributed by atoms with Crippen molar-refractivity contribution in [3.05, 3.63) is 23.8 Å². The van der Waals surface area contributed by atoms with Crippen molar-refractivity contribution in [1.82, 2.24) is 0 Å². The van der Waals surface area contributed by atoms with Crippen molar-refractivity contribution in [2.45, 2.75) is 122 Å². The lowest BCUT2D eigenvalue weighted by molar-refractivity contribution is -0.220. The van der Waals surface area contributed by atoms with Crippen LogP contribution >= 0.6 is 0 Å². The molecular weight excluding hydrogens is 552 g/mol. The van der Waals surface area contributed by atoms with Crippen LogP contribution in [0.15, 0.2) is 23.8 Å². The second kappa shape index (κ2) is 10.8. The third kappa shape index (κ3) is 5.02. The van der Waals surface area contributed by atoms with Gasteiger partial charge in [-0.1, -0.05) is 19.9 Å². The Morgan fingerprint density at radius 3 is 2.17 bits per heavy atom. The Bertz CT molecular complexity index is 1230. The smallest absolute Gasteiger partial charge is 0.342 e. The number of aliphatic hydroxyl groups is 1. The first-order valence-corrected chi connectivity index (χ1v) is 14.2. The summed E-state index contributed by atoms with van der Waals surface area (Å²) in [6, 6.07) is 0. The van der Waals surface area contributed by atoms with Crippen LogP contribution in [0.1, 0.15) is 74.7 Å². The summed E-state index contributed by atoms with van der Waals surface area (Å²) >= 11 is 0. The van der Waals surface area contributed by atoms with Crippen molar-refractivity contribution in [3.63, 3.8) is 0 Å². The summed E-state index contributed by atoms with van der Waals surface area (Å²) in [6.45, 7) is 11.8. The quantitative estimate of drug-likeness (QED) is 0.207. The van der Waals surface area contributed by atoms with Gasteiger partial charge in [0.05, 0.1) is 0 Å². The van der Waals surface area contributed by atoms with Gasteiger partial charge in [-0.3, -0.25) is 19.2 Å². The van der Waals surface area contributed by atoms with E-state index in [2.05, 4.69) is 0 Å². The lowest BCUT2D eigenvalue weighted by Crippen LogP contribution is -2.67. The second-order valence-electron chi connectivity index (χ2n) is 12.2. The fourth-order valence-corrected chi connectivity index (χ4v) is 6.99. The average molecular weight is 593 g/mol. The topological polar surface area (TPSA) is 164 Å². The molecule has 0 aromatic rings. The Morgan fingerprint density at radius 2 is 1.62 bits per heavy atom. The normalized spacial score (nSPS) is 43.3. The number of rotatable bonds is 6. The Labute approximate surface area is 244 Å². The van der Waals surface area contributed by atoms with Gasteiger partial charge in [-0.05, 0) is 44.9 Å². The van der Waals surface area contributed by atoms with Gasteiger partial charge in [0.2, 0.25) is 0 Å². The minimum atomic E-state index is -1.96. The number of carbonyl (C=O) groups excluding carboxylic acids is 5. The van der Waals surface area contributed by atoms with Crippen LogP contribution in [0.25, 0.3) is 0 Å². The highest BCUT2D eigenvalue weighted by Crippen LogP contribution is 2.65. The Morgan fingerprint density at radius 1 is 1.00 bits per heavy atom. The van der Waals surface area contributed by atoms with Gasteiger partial charge in [-0.15, -0.1) is 0 Å². The number of fused-ring (bicyclic) bond motifs is 1. The second-order valence-corrected chi connectivity index (χ2v) is 12.2. The summed E-state index contributed by atoms with van der Waals surface area (Å²) in [5.41, 5.74) is -6.00. The predicted molar refractivity (Wildman–Crippen MR) is 143 cm³/mol. The van der Waals surface area contributed by atoms with Gasteiger partial charge in [0, 0.05) is 44.9 Å². The minimum Gasteiger partial charge on any atom is -0.461 e. The summed E-state index contributed by atoms with van der Waals surface area (Å²) in [5.74, 6) is -4.41. The molecule has 0 amide bonds. The van der Waals surface area contributed by atoms with E-state index >= 15 is 0 Å². The Balaban J connectivity index is 2.01. The van der Waals surface area contributed by atoms with E-state index in [1.54, 1.807) is 26.0 Å². The molecule has 2 heterocycles. The van der Waals surface area contributed by atoms with Crippen LogP contribution in [0.4, 0.5) is 0 Å². The summed E-state index contributed by atoms with van der Waals surface area (Å²) in [4.78, 5) is 63.1. The minimum absolute atomic E-state index is 0.0478. The van der Waals surface area contributed by atoms with Crippen molar-refractivity contribution in [2.24, 2.45) is 11.3 Å². The van der Waals surface area contributed by atoms with E-state index in [9.17, 15) is 29.1 Å². The molecule has 0 radical (unpaired) electrons. The molecule has 4 aliphatic rings. The lowest BCUT2D eigenvalue weighted by atomic mass is 9.55. The van der Waals surface area contributed by atoms with Crippen LogP contribution in [0, 0.1) is 11.3 Å². The summed E-state index contributed by atoms with van der Waals surface area (Å²) in [6.07, 6.45) is -0.335. The lowest BCUT2D eigenvalue weighted by Gasteiger charge is -2.55. The van der Waals surface area contributed by atoms with Crippen molar-refractivity contribution < 1.29 is 57.5 Å². The summed E-state index contributed by atoms with van der Waals surface area (Å²) in [5, 5.41) is 12.3. The van der Waals surface area contributed by atoms with Crippen molar-refractivity contribution >= 4 is 29.8 Å². The maximum Gasteiger partial charge on any atom is 0.342 e. The van der Waals surface area contributed by atoms with Crippen LogP contribution in [-0.4, -0.2) is 82.3 Å². The number of hydrogen-bond acceptors (Lipinski definition) is 12. The van der Waals surface area contributed by atoms with E-state index < -0.39 is 88.5 Å². The first-order valence-electron chi connectivity index (χ1n) is 14.2. The van der Waals surface area contributed by atoms with Gasteiger partial charge < -0.3 is 33.5 Å². The SMILES string of the molecule is CCCC(=O)O[C@@H]1C=C[C@]2(C)[C@H](OC(C)=O)CC(OC(C)=O)/C(C)=C\[C@@H]3OC(=O)[C@]4(C)O[C@]34C(OC(C)=O)[C@H]2[C@@]1(C)O. The number of epoxide rings is 1. The van der Waals surface area contributed by atoms with Gasteiger partial charge in [0.25, 0.3) is 0 Å². The standard InChI is InChI=1S/C30H40O12/c1-9-10-23(34)40-20-11-12-27(6)21(38-17(4)32)14-19(37-16(3)31)15(2)13-22-30(29(8,42-30)26(35)41-22)25(39-18(5)33)24(27)28(20,7)36/h11-13,19-22,24-25,36H,9-10,14H2,1-8H3/b15-13-/t19?,20-,21-,22+,24-,25?,27-,28+,29+,30+/m1/s1. The van der Waals surface area contributed by atoms with Crippen LogP contribution in [0.5, 0.6) is 0 Å². The van der Waals surface area contributed by atoms with E-state index in [1.807, 2.05) is 6.92 Å². The van der Waals surface area contributed by atoms with Crippen LogP contribution in [-0.2, 0) is 52.4 Å². The number of esters is 5. The highest BCUT2D eigenvalue weighted by Gasteiger charge is 2.87. The van der Waals surface area contributed by atoms with Crippen molar-refractivity contribution in [3.8, 4) is 0 Å². The number of hydrogen-bond donors (Lipinski definition) is 1. The number of carbonyl (C=O) groups is 5. The van der Waals surface area contributed by atoms with E-state index in [-0.39, 0.29) is 12.8 Å². The molecule has 0 aromatic heterocycles. The molecule has 1 N–H and O–H groups in total. The van der Waals surface area contributed by atoms with Gasteiger partial charge in [-0.2, -0.15) is 0 Å². The molecule has 0 saturated carbocycles. The van der Waals surface area contributed by atoms with E-state index in [4.69, 9.17) is 28.4 Å². The highest BCUT2D eigenvalue weighted by atomic mass is 16.7. The van der Waals surface area contributed by atoms with Crippen molar-refractivity contribution in [1.29, 1.82) is 0 Å². The monoisotopic (exact) mass is 592 g/mol. The molecule has 2 saturated heterocycles. The molecule has 12 heteroatoms. The summed E-state index contributed by atoms with van der Waals surface area (Å²) < 4.78 is 35.0. The third-order valence-corrected chi connectivity index (χ3v) is 9.02. The first-order chi connectivity index (χ1) is 19.4. The van der Waals surface area contributed by atoms with Crippen LogP contribution < -0.4 is 0 Å². The fourth-order valence-electron chi connectivity index (χ4n) is 6.99. The van der Waals surface area contributed by atoms with Gasteiger partial charge in [0.1, 0.15) is 30.0 Å². The molecule has 4 rings (SSSR count). The van der Waals surface area contributed by atoms with Crippen molar-refractivity contribution in [2.75, 3.05) is 0 Å². The zero-order chi connectivity index (χ0) is 31.4. The van der Waals surface area contributed by atoms with E-state index in [0.717, 1.165) is 0 Å². The van der Waals surface area contributed by atoms with Gasteiger partial charge in [0.15, 0.2) is 17.3 Å². The van der Waals surface area contributed by atoms with Gasteiger partial charge in [-0.25, -0.2) is 4.79 Å². The molecule has 0 bridgehead atoms. The Hall–Kier alpha value is -3.25. The maximum atomic E-state index is 13.2. The van der Waals surface area contributed by atoms with Gasteiger partial charge >= 0.3 is 29.8 Å².